The normalized spacial score (nSPS) is 9.57. The van der Waals surface area contributed by atoms with E-state index in [-0.39, 0.29) is 0 Å². The fraction of sp³-hybridized carbons (Fsp3) is 0.0526. The van der Waals surface area contributed by atoms with Crippen LogP contribution in [-0.4, -0.2) is 0 Å². The van der Waals surface area contributed by atoms with Gasteiger partial charge in [0, 0.05) is 5.69 Å². The summed E-state index contributed by atoms with van der Waals surface area (Å²) in [5, 5.41) is 2.79. The molecule has 3 rings (SSSR count). The lowest BCUT2D eigenvalue weighted by Gasteiger charge is -2.00. The lowest BCUT2D eigenvalue weighted by atomic mass is 10.2. The van der Waals surface area contributed by atoms with Gasteiger partial charge in [0.05, 0.1) is 0 Å². The van der Waals surface area contributed by atoms with Crippen LogP contribution in [0.15, 0.2) is 84.9 Å². The van der Waals surface area contributed by atoms with Gasteiger partial charge in [-0.3, -0.25) is 0 Å². The van der Waals surface area contributed by atoms with Gasteiger partial charge in [0.2, 0.25) is 0 Å². The Kier molecular flexibility index (Phi) is 5.99. The Hall–Kier alpha value is -2.11. The molecule has 1 nitrogen and oxygen atoms in total. The quantitative estimate of drug-likeness (QED) is 0.563. The lowest BCUT2D eigenvalue weighted by Crippen LogP contribution is -2.01. The Labute approximate surface area is 128 Å². The maximum Gasteiger partial charge on any atom is 0.0343 e. The molecule has 0 aliphatic rings. The van der Waals surface area contributed by atoms with Crippen molar-refractivity contribution in [1.29, 1.82) is 0 Å². The molecule has 0 amide bonds. The number of hydrogen-bond acceptors (Lipinski definition) is 1. The minimum absolute atomic E-state index is 0.777. The van der Waals surface area contributed by atoms with Crippen molar-refractivity contribution in [2.45, 2.75) is 6.92 Å². The molecule has 3 aromatic carbocycles. The molecule has 21 heavy (non-hydrogen) atoms. The van der Waals surface area contributed by atoms with E-state index >= 15 is 0 Å². The molecule has 0 unspecified atom stereocenters. The summed E-state index contributed by atoms with van der Waals surface area (Å²) >= 11 is 0. The van der Waals surface area contributed by atoms with Gasteiger partial charge in [-0.1, -0.05) is 87.4 Å². The highest BCUT2D eigenvalue weighted by Crippen LogP contribution is 2.08. The third kappa shape index (κ3) is 5.41. The fourth-order valence-corrected chi connectivity index (χ4v) is 2.85. The van der Waals surface area contributed by atoms with E-state index in [0.717, 1.165) is 19.8 Å². The molecule has 3 aromatic rings. The third-order valence-corrected chi connectivity index (χ3v) is 4.27. The van der Waals surface area contributed by atoms with Crippen molar-refractivity contribution < 1.29 is 0 Å². The van der Waals surface area contributed by atoms with E-state index in [0.29, 0.717) is 0 Å². The molecular formula is C19H20NP. The first kappa shape index (κ1) is 15.3. The molecule has 0 bridgehead atoms. The maximum absolute atomic E-state index is 5.52. The van der Waals surface area contributed by atoms with Crippen LogP contribution < -0.4 is 16.3 Å². The van der Waals surface area contributed by atoms with Crippen LogP contribution in [0, 0.1) is 6.92 Å². The van der Waals surface area contributed by atoms with E-state index < -0.39 is 0 Å². The highest BCUT2D eigenvalue weighted by molar-refractivity contribution is 7.55. The minimum Gasteiger partial charge on any atom is -0.399 e. The highest BCUT2D eigenvalue weighted by atomic mass is 31.1. The maximum atomic E-state index is 5.52. The first-order chi connectivity index (χ1) is 10.3. The van der Waals surface area contributed by atoms with Gasteiger partial charge < -0.3 is 5.73 Å². The molecule has 0 atom stereocenters. The zero-order valence-corrected chi connectivity index (χ0v) is 13.2. The Balaban J connectivity index is 0.000000173. The van der Waals surface area contributed by atoms with E-state index in [2.05, 4.69) is 60.7 Å². The molecule has 0 fully saturated rings. The van der Waals surface area contributed by atoms with Crippen molar-refractivity contribution in [3.63, 3.8) is 0 Å². The predicted octanol–water partition coefficient (Wildman–Crippen LogP) is 3.89. The Morgan fingerprint density at radius 1 is 0.619 bits per heavy atom. The van der Waals surface area contributed by atoms with E-state index in [1.54, 1.807) is 0 Å². The van der Waals surface area contributed by atoms with Gasteiger partial charge in [0.15, 0.2) is 0 Å². The standard InChI is InChI=1S/C12H11P.C7H9N/c1-3-7-11(8-4-1)13-12-9-5-2-6-10-12;1-6-4-2-3-5-7(6)8/h1-10,13H;2-5H,8H2,1H3. The molecule has 0 radical (unpaired) electrons. The van der Waals surface area contributed by atoms with Crippen LogP contribution in [0.1, 0.15) is 5.56 Å². The average molecular weight is 293 g/mol. The Bertz CT molecular complexity index is 592. The van der Waals surface area contributed by atoms with Crippen molar-refractivity contribution >= 4 is 24.9 Å². The summed E-state index contributed by atoms with van der Waals surface area (Å²) in [7, 11) is 0.777. The second-order valence-electron chi connectivity index (χ2n) is 4.71. The van der Waals surface area contributed by atoms with Crippen LogP contribution in [0.2, 0.25) is 0 Å². The Morgan fingerprint density at radius 2 is 1.05 bits per heavy atom. The third-order valence-electron chi connectivity index (χ3n) is 3.02. The molecule has 0 aliphatic carbocycles. The van der Waals surface area contributed by atoms with Crippen LogP contribution in [0.25, 0.3) is 0 Å². The van der Waals surface area contributed by atoms with Gasteiger partial charge in [0.1, 0.15) is 0 Å². The number of nitrogen functional groups attached to an aromatic ring is 1. The molecule has 0 aliphatic heterocycles. The first-order valence-electron chi connectivity index (χ1n) is 6.94. The van der Waals surface area contributed by atoms with Crippen LogP contribution in [-0.2, 0) is 0 Å². The first-order valence-corrected chi connectivity index (χ1v) is 7.94. The highest BCUT2D eigenvalue weighted by Gasteiger charge is 1.92. The molecular weight excluding hydrogens is 273 g/mol. The number of hydrogen-bond donors (Lipinski definition) is 1. The van der Waals surface area contributed by atoms with Gasteiger partial charge >= 0.3 is 0 Å². The van der Waals surface area contributed by atoms with Crippen molar-refractivity contribution in [3.8, 4) is 0 Å². The SMILES string of the molecule is Cc1ccccc1N.c1ccc(Pc2ccccc2)cc1. The summed E-state index contributed by atoms with van der Waals surface area (Å²) in [6.07, 6.45) is 0. The molecule has 0 saturated carbocycles. The van der Waals surface area contributed by atoms with Gasteiger partial charge in [-0.05, 0) is 29.2 Å². The van der Waals surface area contributed by atoms with E-state index in [4.69, 9.17) is 5.73 Å². The zero-order chi connectivity index (χ0) is 14.9. The second kappa shape index (κ2) is 8.24. The van der Waals surface area contributed by atoms with Crippen molar-refractivity contribution in [3.05, 3.63) is 90.5 Å². The van der Waals surface area contributed by atoms with Crippen LogP contribution >= 0.6 is 8.58 Å². The van der Waals surface area contributed by atoms with Gasteiger partial charge in [0.25, 0.3) is 0 Å². The number of nitrogens with two attached hydrogens (primary N) is 1. The Morgan fingerprint density at radius 3 is 1.43 bits per heavy atom. The number of anilines is 1. The van der Waals surface area contributed by atoms with Crippen molar-refractivity contribution in [2.24, 2.45) is 0 Å². The van der Waals surface area contributed by atoms with Crippen LogP contribution in [0.4, 0.5) is 5.69 Å². The smallest absolute Gasteiger partial charge is 0.0343 e. The minimum atomic E-state index is 0.777. The second-order valence-corrected chi connectivity index (χ2v) is 6.12. The van der Waals surface area contributed by atoms with Crippen molar-refractivity contribution in [2.75, 3.05) is 5.73 Å². The van der Waals surface area contributed by atoms with Gasteiger partial charge in [-0.25, -0.2) is 0 Å². The molecule has 0 spiro atoms. The average Bonchev–Trinajstić information content (AvgIpc) is 2.53. The predicted molar refractivity (Wildman–Crippen MR) is 96.1 cm³/mol. The summed E-state index contributed by atoms with van der Waals surface area (Å²) in [4.78, 5) is 0. The summed E-state index contributed by atoms with van der Waals surface area (Å²) in [5.74, 6) is 0. The molecule has 0 heterocycles. The number of aryl methyl sites for hydroxylation is 1. The topological polar surface area (TPSA) is 26.0 Å². The fourth-order valence-electron chi connectivity index (χ4n) is 1.80. The van der Waals surface area contributed by atoms with E-state index in [9.17, 15) is 0 Å². The zero-order valence-electron chi connectivity index (χ0n) is 12.2. The monoisotopic (exact) mass is 293 g/mol. The largest absolute Gasteiger partial charge is 0.399 e. The molecule has 0 aromatic heterocycles. The summed E-state index contributed by atoms with van der Waals surface area (Å²) in [5.41, 5.74) is 7.53. The van der Waals surface area contributed by atoms with Gasteiger partial charge in [-0.15, -0.1) is 0 Å². The summed E-state index contributed by atoms with van der Waals surface area (Å²) < 4.78 is 0. The molecule has 2 heteroatoms. The van der Waals surface area contributed by atoms with Crippen molar-refractivity contribution in [1.82, 2.24) is 0 Å². The molecule has 2 N–H and O–H groups in total. The summed E-state index contributed by atoms with van der Waals surface area (Å²) in [6.45, 7) is 2.00. The van der Waals surface area contributed by atoms with Gasteiger partial charge in [-0.2, -0.15) is 0 Å². The summed E-state index contributed by atoms with van der Waals surface area (Å²) in [6, 6.07) is 29.0. The number of rotatable bonds is 2. The number of para-hydroxylation sites is 1. The van der Waals surface area contributed by atoms with E-state index in [1.807, 2.05) is 31.2 Å². The van der Waals surface area contributed by atoms with Crippen LogP contribution in [0.3, 0.4) is 0 Å². The number of benzene rings is 3. The van der Waals surface area contributed by atoms with Crippen LogP contribution in [0.5, 0.6) is 0 Å². The molecule has 106 valence electrons. The van der Waals surface area contributed by atoms with E-state index in [1.165, 1.54) is 10.6 Å². The molecule has 0 saturated heterocycles. The lowest BCUT2D eigenvalue weighted by molar-refractivity contribution is 1.47.